The smallest absolute Gasteiger partial charge is 0.242 e. The van der Waals surface area contributed by atoms with Gasteiger partial charge in [-0.05, 0) is 37.6 Å². The van der Waals surface area contributed by atoms with E-state index in [0.717, 1.165) is 49.2 Å². The number of likely N-dealkylation sites (N-methyl/N-ethyl adjacent to an activating group) is 1. The van der Waals surface area contributed by atoms with E-state index in [1.165, 1.54) is 0 Å². The number of carbonyl (C=O) groups is 1. The van der Waals surface area contributed by atoms with Crippen molar-refractivity contribution in [3.05, 3.63) is 59.5 Å². The molecule has 24 heavy (non-hydrogen) atoms. The number of nitrogens with zero attached hydrogens (tertiary/aromatic N) is 1. The Morgan fingerprint density at radius 3 is 2.71 bits per heavy atom. The minimum Gasteiger partial charge on any atom is -0.469 e. The summed E-state index contributed by atoms with van der Waals surface area (Å²) < 4.78 is 5.54. The topological polar surface area (TPSA) is 45.5 Å². The average Bonchev–Trinajstić information content (AvgIpc) is 3.10. The summed E-state index contributed by atoms with van der Waals surface area (Å²) in [6.45, 7) is 5.87. The molecule has 1 aliphatic rings. The van der Waals surface area contributed by atoms with Crippen LogP contribution in [0.1, 0.15) is 55.7 Å². The first-order valence-corrected chi connectivity index (χ1v) is 8.90. The van der Waals surface area contributed by atoms with Gasteiger partial charge in [-0.3, -0.25) is 9.69 Å². The minimum absolute atomic E-state index is 0.0572. The van der Waals surface area contributed by atoms with Crippen molar-refractivity contribution in [2.75, 3.05) is 13.1 Å². The van der Waals surface area contributed by atoms with Gasteiger partial charge in [0.15, 0.2) is 0 Å². The molecule has 1 N–H and O–H groups in total. The van der Waals surface area contributed by atoms with E-state index in [9.17, 15) is 4.79 Å². The number of hydrogen-bond acceptors (Lipinski definition) is 3. The minimum atomic E-state index is -0.251. The van der Waals surface area contributed by atoms with E-state index in [-0.39, 0.29) is 18.0 Å². The van der Waals surface area contributed by atoms with Crippen LogP contribution in [0, 0.1) is 0 Å². The summed E-state index contributed by atoms with van der Waals surface area (Å²) in [6, 6.07) is 11.8. The molecular formula is C20H26N2O2. The molecule has 1 aromatic heterocycles. The van der Waals surface area contributed by atoms with Gasteiger partial charge >= 0.3 is 0 Å². The molecule has 2 atom stereocenters. The van der Waals surface area contributed by atoms with Crippen LogP contribution in [0.4, 0.5) is 0 Å². The molecule has 2 aromatic rings. The fraction of sp³-hybridized carbons (Fsp3) is 0.450. The summed E-state index contributed by atoms with van der Waals surface area (Å²) in [6.07, 6.45) is 4.71. The SMILES string of the molecule is CCN(CC)[C@H](C(=O)N[C@@H]1CCCc2occc21)c1ccccc1. The van der Waals surface area contributed by atoms with E-state index in [0.29, 0.717) is 0 Å². The van der Waals surface area contributed by atoms with Crippen molar-refractivity contribution in [3.63, 3.8) is 0 Å². The van der Waals surface area contributed by atoms with E-state index in [1.54, 1.807) is 6.26 Å². The second-order valence-electron chi connectivity index (χ2n) is 6.29. The number of amides is 1. The molecular weight excluding hydrogens is 300 g/mol. The Kier molecular flexibility index (Phi) is 5.36. The molecule has 0 saturated heterocycles. The molecule has 4 heteroatoms. The molecule has 1 aliphatic carbocycles. The monoisotopic (exact) mass is 326 g/mol. The first kappa shape index (κ1) is 16.8. The Balaban J connectivity index is 1.82. The molecule has 0 spiro atoms. The normalized spacial score (nSPS) is 18.2. The number of carbonyl (C=O) groups excluding carboxylic acids is 1. The van der Waals surface area contributed by atoms with Crippen molar-refractivity contribution in [2.45, 2.75) is 45.2 Å². The van der Waals surface area contributed by atoms with Crippen LogP contribution in [0.5, 0.6) is 0 Å². The van der Waals surface area contributed by atoms with Gasteiger partial charge in [0.2, 0.25) is 5.91 Å². The zero-order chi connectivity index (χ0) is 16.9. The highest BCUT2D eigenvalue weighted by Crippen LogP contribution is 2.31. The summed E-state index contributed by atoms with van der Waals surface area (Å²) in [5.74, 6) is 1.09. The van der Waals surface area contributed by atoms with E-state index in [4.69, 9.17) is 4.42 Å². The summed E-state index contributed by atoms with van der Waals surface area (Å²) in [5.41, 5.74) is 2.18. The van der Waals surface area contributed by atoms with Crippen LogP contribution in [0.15, 0.2) is 47.1 Å². The van der Waals surface area contributed by atoms with Crippen LogP contribution < -0.4 is 5.32 Å². The van der Waals surface area contributed by atoms with Crippen molar-refractivity contribution < 1.29 is 9.21 Å². The highest BCUT2D eigenvalue weighted by Gasteiger charge is 2.30. The standard InChI is InChI=1S/C20H26N2O2/c1-3-22(4-2)19(15-9-6-5-7-10-15)20(23)21-17-11-8-12-18-16(17)13-14-24-18/h5-7,9-10,13-14,17,19H,3-4,8,11-12H2,1-2H3,(H,21,23)/t17-,19+/m1/s1. The van der Waals surface area contributed by atoms with E-state index in [1.807, 2.05) is 36.4 Å². The molecule has 128 valence electrons. The van der Waals surface area contributed by atoms with Gasteiger partial charge < -0.3 is 9.73 Å². The lowest BCUT2D eigenvalue weighted by Crippen LogP contribution is -2.42. The lowest BCUT2D eigenvalue weighted by Gasteiger charge is -2.31. The Labute approximate surface area is 143 Å². The van der Waals surface area contributed by atoms with Crippen LogP contribution in [0.2, 0.25) is 0 Å². The van der Waals surface area contributed by atoms with Gasteiger partial charge in [-0.25, -0.2) is 0 Å². The molecule has 0 aliphatic heterocycles. The van der Waals surface area contributed by atoms with Crippen LogP contribution in [-0.4, -0.2) is 23.9 Å². The zero-order valence-electron chi connectivity index (χ0n) is 14.5. The van der Waals surface area contributed by atoms with Gasteiger partial charge in [0, 0.05) is 12.0 Å². The molecule has 1 amide bonds. The van der Waals surface area contributed by atoms with Crippen molar-refractivity contribution in [1.29, 1.82) is 0 Å². The molecule has 1 heterocycles. The van der Waals surface area contributed by atoms with Crippen LogP contribution in [0.25, 0.3) is 0 Å². The first-order chi connectivity index (χ1) is 11.7. The Morgan fingerprint density at radius 2 is 2.00 bits per heavy atom. The van der Waals surface area contributed by atoms with E-state index >= 15 is 0 Å². The molecule has 0 saturated carbocycles. The molecule has 0 unspecified atom stereocenters. The van der Waals surface area contributed by atoms with E-state index < -0.39 is 0 Å². The maximum absolute atomic E-state index is 13.1. The molecule has 0 radical (unpaired) electrons. The lowest BCUT2D eigenvalue weighted by molar-refractivity contribution is -0.127. The number of benzene rings is 1. The number of nitrogens with one attached hydrogen (secondary N) is 1. The molecule has 3 rings (SSSR count). The number of furan rings is 1. The van der Waals surface area contributed by atoms with Crippen molar-refractivity contribution in [1.82, 2.24) is 10.2 Å². The van der Waals surface area contributed by atoms with Gasteiger partial charge in [-0.2, -0.15) is 0 Å². The van der Waals surface area contributed by atoms with Crippen molar-refractivity contribution >= 4 is 5.91 Å². The van der Waals surface area contributed by atoms with Gasteiger partial charge in [0.25, 0.3) is 0 Å². The predicted octanol–water partition coefficient (Wildman–Crippen LogP) is 3.86. The number of rotatable bonds is 6. The van der Waals surface area contributed by atoms with Crippen LogP contribution >= 0.6 is 0 Å². The Morgan fingerprint density at radius 1 is 1.25 bits per heavy atom. The summed E-state index contributed by atoms with van der Waals surface area (Å²) in [7, 11) is 0. The quantitative estimate of drug-likeness (QED) is 0.877. The second-order valence-corrected chi connectivity index (χ2v) is 6.29. The van der Waals surface area contributed by atoms with Gasteiger partial charge in [-0.1, -0.05) is 44.2 Å². The van der Waals surface area contributed by atoms with Crippen molar-refractivity contribution in [3.8, 4) is 0 Å². The maximum atomic E-state index is 13.1. The fourth-order valence-electron chi connectivity index (χ4n) is 3.64. The summed E-state index contributed by atoms with van der Waals surface area (Å²) in [5, 5.41) is 3.27. The second kappa shape index (κ2) is 7.67. The average molecular weight is 326 g/mol. The summed E-state index contributed by atoms with van der Waals surface area (Å²) in [4.78, 5) is 15.3. The number of aryl methyl sites for hydroxylation is 1. The van der Waals surface area contributed by atoms with Crippen LogP contribution in [0.3, 0.4) is 0 Å². The van der Waals surface area contributed by atoms with Crippen molar-refractivity contribution in [2.24, 2.45) is 0 Å². The Bertz CT molecular complexity index is 661. The van der Waals surface area contributed by atoms with Crippen LogP contribution in [-0.2, 0) is 11.2 Å². The highest BCUT2D eigenvalue weighted by molar-refractivity contribution is 5.83. The maximum Gasteiger partial charge on any atom is 0.242 e. The molecule has 0 fully saturated rings. The molecule has 4 nitrogen and oxygen atoms in total. The van der Waals surface area contributed by atoms with Gasteiger partial charge in [0.05, 0.1) is 12.3 Å². The van der Waals surface area contributed by atoms with Gasteiger partial charge in [-0.15, -0.1) is 0 Å². The largest absolute Gasteiger partial charge is 0.469 e. The molecule has 0 bridgehead atoms. The van der Waals surface area contributed by atoms with Gasteiger partial charge in [0.1, 0.15) is 11.8 Å². The third kappa shape index (κ3) is 3.39. The first-order valence-electron chi connectivity index (χ1n) is 8.90. The number of fused-ring (bicyclic) bond motifs is 1. The third-order valence-corrected chi connectivity index (χ3v) is 4.91. The molecule has 1 aromatic carbocycles. The highest BCUT2D eigenvalue weighted by atomic mass is 16.3. The Hall–Kier alpha value is -2.07. The number of hydrogen-bond donors (Lipinski definition) is 1. The fourth-order valence-corrected chi connectivity index (χ4v) is 3.64. The zero-order valence-corrected chi connectivity index (χ0v) is 14.5. The van der Waals surface area contributed by atoms with E-state index in [2.05, 4.69) is 24.1 Å². The summed E-state index contributed by atoms with van der Waals surface area (Å²) >= 11 is 0. The third-order valence-electron chi connectivity index (χ3n) is 4.91. The predicted molar refractivity (Wildman–Crippen MR) is 94.6 cm³/mol. The lowest BCUT2D eigenvalue weighted by atomic mass is 9.92.